The average molecular weight is 241 g/mol. The van der Waals surface area contributed by atoms with Gasteiger partial charge in [-0.1, -0.05) is 42.5 Å². The molecule has 2 rings (SSSR count). The van der Waals surface area contributed by atoms with Crippen molar-refractivity contribution in [2.75, 3.05) is 6.61 Å². The number of rotatable bonds is 4. The van der Waals surface area contributed by atoms with Crippen LogP contribution in [0.2, 0.25) is 0 Å². The van der Waals surface area contributed by atoms with E-state index in [-0.39, 0.29) is 12.6 Å². The molecule has 2 nitrogen and oxygen atoms in total. The van der Waals surface area contributed by atoms with Crippen molar-refractivity contribution in [3.05, 3.63) is 59.7 Å². The fraction of sp³-hybridized carbons (Fsp3) is 0.250. The summed E-state index contributed by atoms with van der Waals surface area (Å²) in [5.74, 6) is 0. The maximum atomic E-state index is 8.95. The summed E-state index contributed by atoms with van der Waals surface area (Å²) in [4.78, 5) is 0. The molecule has 0 saturated carbocycles. The van der Waals surface area contributed by atoms with Gasteiger partial charge >= 0.3 is 0 Å². The van der Waals surface area contributed by atoms with Gasteiger partial charge in [0.15, 0.2) is 0 Å². The second-order valence-corrected chi connectivity index (χ2v) is 4.56. The first-order valence-corrected chi connectivity index (χ1v) is 6.25. The zero-order chi connectivity index (χ0) is 13.0. The van der Waals surface area contributed by atoms with Crippen LogP contribution in [0.5, 0.6) is 0 Å². The van der Waals surface area contributed by atoms with Crippen molar-refractivity contribution >= 4 is 0 Å². The van der Waals surface area contributed by atoms with Crippen LogP contribution in [-0.2, 0) is 0 Å². The highest BCUT2D eigenvalue weighted by Crippen LogP contribution is 2.26. The van der Waals surface area contributed by atoms with Crippen molar-refractivity contribution in [1.82, 2.24) is 0 Å². The van der Waals surface area contributed by atoms with E-state index in [2.05, 4.69) is 31.2 Å². The molecule has 0 amide bonds. The minimum Gasteiger partial charge on any atom is -0.396 e. The highest BCUT2D eigenvalue weighted by Gasteiger charge is 2.07. The summed E-state index contributed by atoms with van der Waals surface area (Å²) in [7, 11) is 0. The molecule has 0 spiro atoms. The second-order valence-electron chi connectivity index (χ2n) is 4.56. The van der Waals surface area contributed by atoms with E-state index in [9.17, 15) is 0 Å². The van der Waals surface area contributed by atoms with Crippen LogP contribution in [0.15, 0.2) is 48.5 Å². The summed E-state index contributed by atoms with van der Waals surface area (Å²) in [6.45, 7) is 2.23. The van der Waals surface area contributed by atoms with Crippen molar-refractivity contribution in [3.8, 4) is 11.1 Å². The lowest BCUT2D eigenvalue weighted by Gasteiger charge is -2.13. The minimum atomic E-state index is -0.0982. The van der Waals surface area contributed by atoms with Crippen LogP contribution in [0.4, 0.5) is 0 Å². The van der Waals surface area contributed by atoms with Crippen LogP contribution in [0, 0.1) is 6.92 Å². The van der Waals surface area contributed by atoms with Crippen molar-refractivity contribution in [1.29, 1.82) is 0 Å². The largest absolute Gasteiger partial charge is 0.396 e. The summed E-state index contributed by atoms with van der Waals surface area (Å²) < 4.78 is 0. The van der Waals surface area contributed by atoms with Gasteiger partial charge in [-0.2, -0.15) is 0 Å². The molecule has 0 radical (unpaired) electrons. The lowest BCUT2D eigenvalue weighted by Crippen LogP contribution is -2.11. The Morgan fingerprint density at radius 1 is 1.11 bits per heavy atom. The van der Waals surface area contributed by atoms with E-state index >= 15 is 0 Å². The van der Waals surface area contributed by atoms with E-state index in [1.807, 2.05) is 24.3 Å². The van der Waals surface area contributed by atoms with E-state index in [1.54, 1.807) is 0 Å². The second kappa shape index (κ2) is 5.80. The number of aliphatic hydroxyl groups is 1. The Kier molecular flexibility index (Phi) is 4.13. The molecule has 2 aromatic carbocycles. The van der Waals surface area contributed by atoms with Gasteiger partial charge in [0.1, 0.15) is 0 Å². The molecule has 0 bridgehead atoms. The van der Waals surface area contributed by atoms with Gasteiger partial charge in [0.05, 0.1) is 0 Å². The van der Waals surface area contributed by atoms with E-state index in [4.69, 9.17) is 10.8 Å². The van der Waals surface area contributed by atoms with Crippen LogP contribution in [0.25, 0.3) is 11.1 Å². The van der Waals surface area contributed by atoms with Gasteiger partial charge in [0.2, 0.25) is 0 Å². The van der Waals surface area contributed by atoms with Gasteiger partial charge in [-0.15, -0.1) is 0 Å². The lowest BCUT2D eigenvalue weighted by molar-refractivity contribution is 0.276. The number of hydrogen-bond acceptors (Lipinski definition) is 2. The Balaban J connectivity index is 2.36. The molecule has 0 fully saturated rings. The van der Waals surface area contributed by atoms with Crippen molar-refractivity contribution in [3.63, 3.8) is 0 Å². The van der Waals surface area contributed by atoms with Crippen molar-refractivity contribution < 1.29 is 5.11 Å². The van der Waals surface area contributed by atoms with Gasteiger partial charge in [0.25, 0.3) is 0 Å². The first-order chi connectivity index (χ1) is 8.72. The molecule has 0 aliphatic heterocycles. The average Bonchev–Trinajstić information content (AvgIpc) is 2.40. The summed E-state index contributed by atoms with van der Waals surface area (Å²) in [6.07, 6.45) is 0.594. The van der Waals surface area contributed by atoms with Crippen LogP contribution in [0.3, 0.4) is 0 Å². The molecule has 3 N–H and O–H groups in total. The summed E-state index contributed by atoms with van der Waals surface area (Å²) >= 11 is 0. The standard InChI is InChI=1S/C16H19NO/c1-12-5-2-3-8-15(12)13-6-4-7-14(11-13)16(17)9-10-18/h2-8,11,16,18H,9-10,17H2,1H3. The number of nitrogens with two attached hydrogens (primary N) is 1. The third-order valence-corrected chi connectivity index (χ3v) is 3.21. The van der Waals surface area contributed by atoms with Crippen molar-refractivity contribution in [2.24, 2.45) is 5.73 Å². The van der Waals surface area contributed by atoms with Crippen LogP contribution >= 0.6 is 0 Å². The van der Waals surface area contributed by atoms with E-state index in [0.717, 1.165) is 5.56 Å². The normalized spacial score (nSPS) is 12.4. The summed E-state index contributed by atoms with van der Waals surface area (Å²) in [5.41, 5.74) is 10.8. The molecular weight excluding hydrogens is 222 g/mol. The van der Waals surface area contributed by atoms with E-state index in [1.165, 1.54) is 16.7 Å². The van der Waals surface area contributed by atoms with Crippen LogP contribution in [0.1, 0.15) is 23.6 Å². The smallest absolute Gasteiger partial charge is 0.0449 e. The third kappa shape index (κ3) is 2.78. The summed E-state index contributed by atoms with van der Waals surface area (Å²) in [6, 6.07) is 16.5. The molecule has 2 heteroatoms. The molecule has 0 aliphatic carbocycles. The Bertz CT molecular complexity index is 522. The molecule has 18 heavy (non-hydrogen) atoms. The minimum absolute atomic E-state index is 0.0982. The maximum Gasteiger partial charge on any atom is 0.0449 e. The topological polar surface area (TPSA) is 46.2 Å². The Morgan fingerprint density at radius 2 is 1.89 bits per heavy atom. The molecule has 0 heterocycles. The van der Waals surface area contributed by atoms with E-state index < -0.39 is 0 Å². The van der Waals surface area contributed by atoms with Gasteiger partial charge in [-0.25, -0.2) is 0 Å². The van der Waals surface area contributed by atoms with E-state index in [0.29, 0.717) is 6.42 Å². The molecule has 1 atom stereocenters. The molecule has 94 valence electrons. The SMILES string of the molecule is Cc1ccccc1-c1cccc(C(N)CCO)c1. The fourth-order valence-corrected chi connectivity index (χ4v) is 2.14. The third-order valence-electron chi connectivity index (χ3n) is 3.21. The monoisotopic (exact) mass is 241 g/mol. The first kappa shape index (κ1) is 12.8. The predicted molar refractivity (Wildman–Crippen MR) is 75.2 cm³/mol. The Hall–Kier alpha value is -1.64. The molecular formula is C16H19NO. The van der Waals surface area contributed by atoms with Crippen LogP contribution in [-0.4, -0.2) is 11.7 Å². The highest BCUT2D eigenvalue weighted by atomic mass is 16.3. The summed E-state index contributed by atoms with van der Waals surface area (Å²) in [5, 5.41) is 8.95. The number of aliphatic hydroxyl groups excluding tert-OH is 1. The van der Waals surface area contributed by atoms with Gasteiger partial charge < -0.3 is 10.8 Å². The number of aryl methyl sites for hydroxylation is 1. The Morgan fingerprint density at radius 3 is 2.61 bits per heavy atom. The quantitative estimate of drug-likeness (QED) is 0.864. The van der Waals surface area contributed by atoms with Crippen LogP contribution < -0.4 is 5.73 Å². The molecule has 0 aromatic heterocycles. The fourth-order valence-electron chi connectivity index (χ4n) is 2.14. The van der Waals surface area contributed by atoms with Gasteiger partial charge in [-0.05, 0) is 41.7 Å². The molecule has 2 aromatic rings. The zero-order valence-electron chi connectivity index (χ0n) is 10.6. The van der Waals surface area contributed by atoms with Gasteiger partial charge in [0, 0.05) is 12.6 Å². The molecule has 0 saturated heterocycles. The van der Waals surface area contributed by atoms with Gasteiger partial charge in [-0.3, -0.25) is 0 Å². The molecule has 0 aliphatic rings. The number of hydrogen-bond donors (Lipinski definition) is 2. The predicted octanol–water partition coefficient (Wildman–Crippen LogP) is 3.04. The molecule has 1 unspecified atom stereocenters. The maximum absolute atomic E-state index is 8.95. The first-order valence-electron chi connectivity index (χ1n) is 6.25. The zero-order valence-corrected chi connectivity index (χ0v) is 10.6. The van der Waals surface area contributed by atoms with Crippen molar-refractivity contribution in [2.45, 2.75) is 19.4 Å². The highest BCUT2D eigenvalue weighted by molar-refractivity contribution is 5.67. The number of benzene rings is 2. The Labute approximate surface area is 108 Å². The lowest BCUT2D eigenvalue weighted by atomic mass is 9.96.